The fourth-order valence-electron chi connectivity index (χ4n) is 2.99. The molecule has 2 rings (SSSR count). The van der Waals surface area contributed by atoms with Gasteiger partial charge in [0.05, 0.1) is 0 Å². The third-order valence-electron chi connectivity index (χ3n) is 4.02. The molecular formula is C15H21F2N. The van der Waals surface area contributed by atoms with Crippen molar-refractivity contribution < 1.29 is 8.78 Å². The highest BCUT2D eigenvalue weighted by Crippen LogP contribution is 2.27. The molecule has 0 heterocycles. The first kappa shape index (κ1) is 13.5. The van der Waals surface area contributed by atoms with Crippen LogP contribution < -0.4 is 5.32 Å². The molecular weight excluding hydrogens is 232 g/mol. The summed E-state index contributed by atoms with van der Waals surface area (Å²) in [5.74, 6) is -0.217. The van der Waals surface area contributed by atoms with Crippen LogP contribution in [0.1, 0.15) is 37.7 Å². The van der Waals surface area contributed by atoms with Gasteiger partial charge in [-0.25, -0.2) is 8.78 Å². The average Bonchev–Trinajstić information content (AvgIpc) is 2.59. The van der Waals surface area contributed by atoms with Gasteiger partial charge in [-0.15, -0.1) is 0 Å². The molecule has 3 heteroatoms. The maximum atomic E-state index is 13.7. The molecule has 1 fully saturated rings. The summed E-state index contributed by atoms with van der Waals surface area (Å²) >= 11 is 0. The normalized spacial score (nSPS) is 24.8. The Morgan fingerprint density at radius 1 is 1.17 bits per heavy atom. The maximum absolute atomic E-state index is 13.7. The summed E-state index contributed by atoms with van der Waals surface area (Å²) < 4.78 is 26.8. The highest BCUT2D eigenvalue weighted by atomic mass is 19.1. The van der Waals surface area contributed by atoms with Crippen molar-refractivity contribution in [3.05, 3.63) is 35.4 Å². The van der Waals surface area contributed by atoms with Crippen LogP contribution in [0.5, 0.6) is 0 Å². The Kier molecular flexibility index (Phi) is 4.70. The Balaban J connectivity index is 2.12. The van der Waals surface area contributed by atoms with Gasteiger partial charge in [0.15, 0.2) is 0 Å². The molecule has 18 heavy (non-hydrogen) atoms. The summed E-state index contributed by atoms with van der Waals surface area (Å²) in [6.07, 6.45) is 6.54. The standard InChI is InChI=1S/C15H21F2N/c1-18-15-6-4-2-3-5-11(15)9-12-10-13(16)7-8-14(12)17/h7-8,10-11,15,18H,2-6,9H2,1H3. The first-order chi connectivity index (χ1) is 8.70. The number of hydrogen-bond acceptors (Lipinski definition) is 1. The number of rotatable bonds is 3. The molecule has 0 spiro atoms. The summed E-state index contributed by atoms with van der Waals surface area (Å²) in [7, 11) is 1.96. The van der Waals surface area contributed by atoms with E-state index in [0.717, 1.165) is 12.8 Å². The topological polar surface area (TPSA) is 12.0 Å². The second-order valence-corrected chi connectivity index (χ2v) is 5.23. The van der Waals surface area contributed by atoms with E-state index in [0.29, 0.717) is 23.9 Å². The predicted octanol–water partition coefficient (Wildman–Crippen LogP) is 3.68. The molecule has 0 bridgehead atoms. The van der Waals surface area contributed by atoms with Crippen LogP contribution in [-0.4, -0.2) is 13.1 Å². The number of nitrogens with one attached hydrogen (secondary N) is 1. The van der Waals surface area contributed by atoms with Gasteiger partial charge in [-0.2, -0.15) is 0 Å². The maximum Gasteiger partial charge on any atom is 0.126 e. The van der Waals surface area contributed by atoms with Gasteiger partial charge in [0.2, 0.25) is 0 Å². The lowest BCUT2D eigenvalue weighted by Crippen LogP contribution is -2.34. The number of benzene rings is 1. The quantitative estimate of drug-likeness (QED) is 0.810. The van der Waals surface area contributed by atoms with E-state index < -0.39 is 0 Å². The molecule has 2 atom stereocenters. The van der Waals surface area contributed by atoms with Crippen molar-refractivity contribution in [2.75, 3.05) is 7.05 Å². The van der Waals surface area contributed by atoms with Gasteiger partial charge in [0, 0.05) is 6.04 Å². The summed E-state index contributed by atoms with van der Waals surface area (Å²) in [5.41, 5.74) is 0.516. The number of halogens is 2. The average molecular weight is 253 g/mol. The van der Waals surface area contributed by atoms with Gasteiger partial charge in [-0.1, -0.05) is 19.3 Å². The van der Waals surface area contributed by atoms with E-state index in [1.807, 2.05) is 7.05 Å². The summed E-state index contributed by atoms with van der Waals surface area (Å²) in [4.78, 5) is 0. The van der Waals surface area contributed by atoms with E-state index >= 15 is 0 Å². The highest BCUT2D eigenvalue weighted by molar-refractivity contribution is 5.19. The lowest BCUT2D eigenvalue weighted by atomic mass is 9.88. The summed E-state index contributed by atoms with van der Waals surface area (Å²) in [6, 6.07) is 4.18. The molecule has 1 aliphatic carbocycles. The molecule has 0 aliphatic heterocycles. The SMILES string of the molecule is CNC1CCCCCC1Cc1cc(F)ccc1F. The Morgan fingerprint density at radius 3 is 2.72 bits per heavy atom. The predicted molar refractivity (Wildman–Crippen MR) is 69.5 cm³/mol. The zero-order valence-corrected chi connectivity index (χ0v) is 10.9. The number of hydrogen-bond donors (Lipinski definition) is 1. The first-order valence-electron chi connectivity index (χ1n) is 6.82. The van der Waals surface area contributed by atoms with Crippen LogP contribution in [0.4, 0.5) is 8.78 Å². The van der Waals surface area contributed by atoms with E-state index in [2.05, 4.69) is 5.32 Å². The molecule has 1 N–H and O–H groups in total. The Labute approximate surface area is 108 Å². The lowest BCUT2D eigenvalue weighted by Gasteiger charge is -2.25. The van der Waals surface area contributed by atoms with Crippen LogP contribution in [0, 0.1) is 17.6 Å². The zero-order valence-electron chi connectivity index (χ0n) is 10.9. The minimum Gasteiger partial charge on any atom is -0.317 e. The van der Waals surface area contributed by atoms with Gasteiger partial charge in [0.25, 0.3) is 0 Å². The minimum atomic E-state index is -0.346. The molecule has 1 nitrogen and oxygen atoms in total. The van der Waals surface area contributed by atoms with Crippen molar-refractivity contribution in [2.45, 2.75) is 44.6 Å². The molecule has 100 valence electrons. The lowest BCUT2D eigenvalue weighted by molar-refractivity contribution is 0.346. The van der Waals surface area contributed by atoms with Crippen LogP contribution >= 0.6 is 0 Å². The van der Waals surface area contributed by atoms with E-state index in [-0.39, 0.29) is 11.6 Å². The molecule has 1 aromatic carbocycles. The van der Waals surface area contributed by atoms with Gasteiger partial charge >= 0.3 is 0 Å². The molecule has 2 unspecified atom stereocenters. The van der Waals surface area contributed by atoms with Gasteiger partial charge in [0.1, 0.15) is 11.6 Å². The van der Waals surface area contributed by atoms with Crippen LogP contribution in [0.3, 0.4) is 0 Å². The van der Waals surface area contributed by atoms with Gasteiger partial charge < -0.3 is 5.32 Å². The van der Waals surface area contributed by atoms with Crippen LogP contribution in [0.25, 0.3) is 0 Å². The second kappa shape index (κ2) is 6.28. The smallest absolute Gasteiger partial charge is 0.126 e. The van der Waals surface area contributed by atoms with Crippen molar-refractivity contribution in [1.29, 1.82) is 0 Å². The highest BCUT2D eigenvalue weighted by Gasteiger charge is 2.23. The van der Waals surface area contributed by atoms with E-state index in [1.54, 1.807) is 0 Å². The van der Waals surface area contributed by atoms with Crippen LogP contribution in [0.15, 0.2) is 18.2 Å². The minimum absolute atomic E-state index is 0.282. The Hall–Kier alpha value is -0.960. The Morgan fingerprint density at radius 2 is 1.94 bits per heavy atom. The summed E-state index contributed by atoms with van der Waals surface area (Å²) in [6.45, 7) is 0. The molecule has 0 saturated heterocycles. The van der Waals surface area contributed by atoms with Crippen LogP contribution in [0.2, 0.25) is 0 Å². The van der Waals surface area contributed by atoms with E-state index in [1.165, 1.54) is 37.5 Å². The second-order valence-electron chi connectivity index (χ2n) is 5.23. The van der Waals surface area contributed by atoms with Crippen molar-refractivity contribution in [2.24, 2.45) is 5.92 Å². The molecule has 0 aromatic heterocycles. The Bertz CT molecular complexity index is 392. The molecule has 1 aromatic rings. The third-order valence-corrected chi connectivity index (χ3v) is 4.02. The molecule has 1 aliphatic rings. The third kappa shape index (κ3) is 3.29. The van der Waals surface area contributed by atoms with Crippen molar-refractivity contribution >= 4 is 0 Å². The van der Waals surface area contributed by atoms with E-state index in [9.17, 15) is 8.78 Å². The zero-order chi connectivity index (χ0) is 13.0. The van der Waals surface area contributed by atoms with E-state index in [4.69, 9.17) is 0 Å². The first-order valence-corrected chi connectivity index (χ1v) is 6.82. The fourth-order valence-corrected chi connectivity index (χ4v) is 2.99. The van der Waals surface area contributed by atoms with Crippen LogP contribution in [-0.2, 0) is 6.42 Å². The molecule has 0 amide bonds. The van der Waals surface area contributed by atoms with Gasteiger partial charge in [-0.05, 0) is 56.0 Å². The van der Waals surface area contributed by atoms with Gasteiger partial charge in [-0.3, -0.25) is 0 Å². The van der Waals surface area contributed by atoms with Crippen molar-refractivity contribution in [3.63, 3.8) is 0 Å². The summed E-state index contributed by atoms with van der Waals surface area (Å²) in [5, 5.41) is 3.33. The van der Waals surface area contributed by atoms with Crippen molar-refractivity contribution in [1.82, 2.24) is 5.32 Å². The largest absolute Gasteiger partial charge is 0.317 e. The monoisotopic (exact) mass is 253 g/mol. The fraction of sp³-hybridized carbons (Fsp3) is 0.600. The van der Waals surface area contributed by atoms with Crippen molar-refractivity contribution in [3.8, 4) is 0 Å². The molecule has 1 saturated carbocycles. The molecule has 0 radical (unpaired) electrons.